The zero-order chi connectivity index (χ0) is 16.4. The molecule has 0 N–H and O–H groups in total. The molecule has 1 atom stereocenters. The van der Waals surface area contributed by atoms with E-state index in [1.165, 1.54) is 12.1 Å². The largest absolute Gasteiger partial charge is 0.369 e. The summed E-state index contributed by atoms with van der Waals surface area (Å²) in [4.78, 5) is 2.09. The third kappa shape index (κ3) is 3.71. The van der Waals surface area contributed by atoms with Gasteiger partial charge in [0, 0.05) is 18.8 Å². The predicted molar refractivity (Wildman–Crippen MR) is 86.5 cm³/mol. The number of anilines is 1. The Bertz CT molecular complexity index is 790. The SMILES string of the molecule is Cc1ccc(S(=O)(=O)O[C@@H]2CCN(c3cccc(F)c3)C2)cc1. The van der Waals surface area contributed by atoms with E-state index in [1.54, 1.807) is 36.4 Å². The van der Waals surface area contributed by atoms with E-state index in [0.29, 0.717) is 19.5 Å². The Morgan fingerprint density at radius 3 is 2.61 bits per heavy atom. The van der Waals surface area contributed by atoms with E-state index in [4.69, 9.17) is 4.18 Å². The molecule has 2 aromatic rings. The van der Waals surface area contributed by atoms with Crippen molar-refractivity contribution in [1.29, 1.82) is 0 Å². The molecule has 0 bridgehead atoms. The Balaban J connectivity index is 1.69. The smallest absolute Gasteiger partial charge is 0.297 e. The van der Waals surface area contributed by atoms with E-state index >= 15 is 0 Å². The van der Waals surface area contributed by atoms with Crippen LogP contribution >= 0.6 is 0 Å². The minimum Gasteiger partial charge on any atom is -0.369 e. The lowest BCUT2D eigenvalue weighted by atomic mass is 10.2. The Kier molecular flexibility index (Phi) is 4.37. The van der Waals surface area contributed by atoms with Gasteiger partial charge in [-0.15, -0.1) is 0 Å². The zero-order valence-electron chi connectivity index (χ0n) is 12.8. The average Bonchev–Trinajstić information content (AvgIpc) is 2.95. The maximum Gasteiger partial charge on any atom is 0.297 e. The molecule has 1 aliphatic rings. The summed E-state index contributed by atoms with van der Waals surface area (Å²) in [6.07, 6.45) is 0.159. The number of rotatable bonds is 4. The number of benzene rings is 2. The summed E-state index contributed by atoms with van der Waals surface area (Å²) in [6.45, 7) is 2.96. The summed E-state index contributed by atoms with van der Waals surface area (Å²) < 4.78 is 43.2. The minimum atomic E-state index is -3.77. The van der Waals surface area contributed by atoms with Gasteiger partial charge in [-0.3, -0.25) is 4.18 Å². The first-order valence-corrected chi connectivity index (χ1v) is 8.85. The first kappa shape index (κ1) is 16.0. The van der Waals surface area contributed by atoms with Crippen LogP contribution in [0.15, 0.2) is 53.4 Å². The van der Waals surface area contributed by atoms with Crippen molar-refractivity contribution in [1.82, 2.24) is 0 Å². The molecule has 3 rings (SSSR count). The van der Waals surface area contributed by atoms with Gasteiger partial charge in [0.1, 0.15) is 5.82 Å². The van der Waals surface area contributed by atoms with E-state index < -0.39 is 16.2 Å². The Hall–Kier alpha value is -1.92. The van der Waals surface area contributed by atoms with Gasteiger partial charge in [-0.1, -0.05) is 23.8 Å². The van der Waals surface area contributed by atoms with Gasteiger partial charge < -0.3 is 4.90 Å². The molecule has 1 heterocycles. The van der Waals surface area contributed by atoms with Crippen LogP contribution in [0.4, 0.5) is 10.1 Å². The molecule has 0 unspecified atom stereocenters. The summed E-state index contributed by atoms with van der Waals surface area (Å²) in [5.74, 6) is -0.306. The van der Waals surface area contributed by atoms with Crippen LogP contribution in [0.2, 0.25) is 0 Å². The molecule has 4 nitrogen and oxygen atoms in total. The number of aryl methyl sites for hydroxylation is 1. The second-order valence-corrected chi connectivity index (χ2v) is 7.27. The highest BCUT2D eigenvalue weighted by Gasteiger charge is 2.29. The topological polar surface area (TPSA) is 46.6 Å². The fourth-order valence-corrected chi connectivity index (χ4v) is 3.75. The molecule has 0 amide bonds. The quantitative estimate of drug-likeness (QED) is 0.806. The van der Waals surface area contributed by atoms with E-state index in [1.807, 2.05) is 11.8 Å². The summed E-state index contributed by atoms with van der Waals surface area (Å²) >= 11 is 0. The number of halogens is 1. The molecule has 1 fully saturated rings. The van der Waals surface area contributed by atoms with Crippen molar-refractivity contribution in [3.8, 4) is 0 Å². The lowest BCUT2D eigenvalue weighted by molar-refractivity contribution is 0.232. The highest BCUT2D eigenvalue weighted by Crippen LogP contribution is 2.25. The van der Waals surface area contributed by atoms with Crippen LogP contribution in [0.5, 0.6) is 0 Å². The number of hydrogen-bond acceptors (Lipinski definition) is 4. The highest BCUT2D eigenvalue weighted by atomic mass is 32.2. The molecule has 0 aromatic heterocycles. The summed E-state index contributed by atoms with van der Waals surface area (Å²) in [5, 5.41) is 0. The fourth-order valence-electron chi connectivity index (χ4n) is 2.65. The van der Waals surface area contributed by atoms with Gasteiger partial charge in [0.15, 0.2) is 0 Å². The number of hydrogen-bond donors (Lipinski definition) is 0. The van der Waals surface area contributed by atoms with Crippen molar-refractivity contribution in [3.05, 3.63) is 59.9 Å². The molecule has 6 heteroatoms. The van der Waals surface area contributed by atoms with Gasteiger partial charge in [-0.05, 0) is 43.7 Å². The molecule has 122 valence electrons. The second-order valence-electron chi connectivity index (χ2n) is 5.70. The van der Waals surface area contributed by atoms with Crippen molar-refractivity contribution < 1.29 is 17.0 Å². The van der Waals surface area contributed by atoms with E-state index in [9.17, 15) is 12.8 Å². The van der Waals surface area contributed by atoms with Crippen molar-refractivity contribution in [2.75, 3.05) is 18.0 Å². The predicted octanol–water partition coefficient (Wildman–Crippen LogP) is 3.12. The first-order chi connectivity index (χ1) is 10.9. The third-order valence-corrected chi connectivity index (χ3v) is 5.27. The maximum atomic E-state index is 13.3. The lowest BCUT2D eigenvalue weighted by Crippen LogP contribution is -2.25. The van der Waals surface area contributed by atoms with Crippen LogP contribution in [0.25, 0.3) is 0 Å². The molecule has 23 heavy (non-hydrogen) atoms. The summed E-state index contributed by atoms with van der Waals surface area (Å²) in [6, 6.07) is 12.8. The minimum absolute atomic E-state index is 0.160. The normalized spacial score (nSPS) is 18.3. The lowest BCUT2D eigenvalue weighted by Gasteiger charge is -2.18. The van der Waals surface area contributed by atoms with E-state index in [-0.39, 0.29) is 10.7 Å². The van der Waals surface area contributed by atoms with Gasteiger partial charge in [-0.25, -0.2) is 4.39 Å². The molecule has 0 aliphatic carbocycles. The van der Waals surface area contributed by atoms with Gasteiger partial charge in [0.2, 0.25) is 0 Å². The van der Waals surface area contributed by atoms with Crippen LogP contribution in [-0.2, 0) is 14.3 Å². The monoisotopic (exact) mass is 335 g/mol. The summed E-state index contributed by atoms with van der Waals surface area (Å²) in [5.41, 5.74) is 1.73. The van der Waals surface area contributed by atoms with Crippen LogP contribution in [0, 0.1) is 12.7 Å². The molecular weight excluding hydrogens is 317 g/mol. The van der Waals surface area contributed by atoms with Crippen LogP contribution in [-0.4, -0.2) is 27.6 Å². The first-order valence-electron chi connectivity index (χ1n) is 7.44. The van der Waals surface area contributed by atoms with Crippen molar-refractivity contribution >= 4 is 15.8 Å². The molecule has 2 aromatic carbocycles. The molecule has 0 spiro atoms. The van der Waals surface area contributed by atoms with Crippen molar-refractivity contribution in [3.63, 3.8) is 0 Å². The van der Waals surface area contributed by atoms with Crippen LogP contribution in [0.3, 0.4) is 0 Å². The Labute approximate surface area is 135 Å². The van der Waals surface area contributed by atoms with Crippen molar-refractivity contribution in [2.45, 2.75) is 24.3 Å². The van der Waals surface area contributed by atoms with Gasteiger partial charge in [-0.2, -0.15) is 8.42 Å². The second kappa shape index (κ2) is 6.29. The Morgan fingerprint density at radius 1 is 1.17 bits per heavy atom. The molecule has 1 saturated heterocycles. The van der Waals surface area contributed by atoms with Crippen LogP contribution < -0.4 is 4.90 Å². The van der Waals surface area contributed by atoms with E-state index in [2.05, 4.69) is 0 Å². The zero-order valence-corrected chi connectivity index (χ0v) is 13.6. The van der Waals surface area contributed by atoms with Crippen LogP contribution in [0.1, 0.15) is 12.0 Å². The standard InChI is InChI=1S/C17H18FNO3S/c1-13-5-7-17(8-6-13)23(20,21)22-16-9-10-19(12-16)15-4-2-3-14(18)11-15/h2-8,11,16H,9-10,12H2,1H3/t16-/m1/s1. The number of nitrogens with zero attached hydrogens (tertiary/aromatic N) is 1. The average molecular weight is 335 g/mol. The molecule has 0 saturated carbocycles. The van der Waals surface area contributed by atoms with Gasteiger partial charge in [0.05, 0.1) is 11.0 Å². The third-order valence-electron chi connectivity index (χ3n) is 3.89. The molecule has 1 aliphatic heterocycles. The maximum absolute atomic E-state index is 13.3. The van der Waals surface area contributed by atoms with Gasteiger partial charge in [0.25, 0.3) is 10.1 Å². The molecule has 0 radical (unpaired) electrons. The van der Waals surface area contributed by atoms with E-state index in [0.717, 1.165) is 11.3 Å². The summed E-state index contributed by atoms with van der Waals surface area (Å²) in [7, 11) is -3.77. The van der Waals surface area contributed by atoms with Crippen molar-refractivity contribution in [2.24, 2.45) is 0 Å². The molecular formula is C17H18FNO3S. The van der Waals surface area contributed by atoms with Gasteiger partial charge >= 0.3 is 0 Å². The Morgan fingerprint density at radius 2 is 1.91 bits per heavy atom. The fraction of sp³-hybridized carbons (Fsp3) is 0.294. The highest BCUT2D eigenvalue weighted by molar-refractivity contribution is 7.86.